The lowest BCUT2D eigenvalue weighted by molar-refractivity contribution is -0.153. The van der Waals surface area contributed by atoms with Gasteiger partial charge < -0.3 is 19.2 Å². The molecule has 1 aliphatic heterocycles. The summed E-state index contributed by atoms with van der Waals surface area (Å²) in [6.07, 6.45) is 6.09. The summed E-state index contributed by atoms with van der Waals surface area (Å²) in [5.74, 6) is -0.147. The average Bonchev–Trinajstić information content (AvgIpc) is 2.70. The van der Waals surface area contributed by atoms with Crippen LogP contribution < -0.4 is 5.32 Å². The highest BCUT2D eigenvalue weighted by Crippen LogP contribution is 2.39. The summed E-state index contributed by atoms with van der Waals surface area (Å²) in [5.41, 5.74) is 0. The molecule has 168 valence electrons. The van der Waals surface area contributed by atoms with Gasteiger partial charge in [0.05, 0.1) is 13.2 Å². The van der Waals surface area contributed by atoms with Crippen LogP contribution in [0.15, 0.2) is 0 Å². The van der Waals surface area contributed by atoms with Crippen LogP contribution in [0.2, 0.25) is 18.1 Å². The molecule has 1 heterocycles. The normalized spacial score (nSPS) is 22.0. The van der Waals surface area contributed by atoms with Crippen molar-refractivity contribution >= 4 is 20.2 Å². The van der Waals surface area contributed by atoms with Crippen LogP contribution in [0.1, 0.15) is 65.7 Å². The SMILES string of the molecule is COC(=O)C(O[Si](C)(C)C(C)(C)C)C(NC(=O)C1CCCCC1)C1CCOCC1. The monoisotopic (exact) mass is 427 g/mol. The molecule has 0 aromatic rings. The van der Waals surface area contributed by atoms with E-state index in [0.717, 1.165) is 38.5 Å². The van der Waals surface area contributed by atoms with Gasteiger partial charge in [-0.05, 0) is 49.7 Å². The third-order valence-corrected chi connectivity index (χ3v) is 11.5. The summed E-state index contributed by atoms with van der Waals surface area (Å²) in [4.78, 5) is 25.9. The van der Waals surface area contributed by atoms with Gasteiger partial charge in [0.25, 0.3) is 0 Å². The summed E-state index contributed by atoms with van der Waals surface area (Å²) in [7, 11) is -0.850. The van der Waals surface area contributed by atoms with Crippen LogP contribution in [-0.4, -0.2) is 52.7 Å². The molecule has 2 atom stereocenters. The topological polar surface area (TPSA) is 73.9 Å². The average molecular weight is 428 g/mol. The summed E-state index contributed by atoms with van der Waals surface area (Å²) >= 11 is 0. The van der Waals surface area contributed by atoms with E-state index in [1.165, 1.54) is 13.5 Å². The Labute approximate surface area is 177 Å². The Balaban J connectivity index is 2.27. The fourth-order valence-electron chi connectivity index (χ4n) is 4.04. The van der Waals surface area contributed by atoms with Gasteiger partial charge in [-0.25, -0.2) is 4.79 Å². The molecule has 2 unspecified atom stereocenters. The van der Waals surface area contributed by atoms with Crippen molar-refractivity contribution in [3.63, 3.8) is 0 Å². The zero-order chi connectivity index (χ0) is 21.7. The molecule has 1 aliphatic carbocycles. The Morgan fingerprint density at radius 2 is 1.62 bits per heavy atom. The Morgan fingerprint density at radius 1 is 1.03 bits per heavy atom. The first kappa shape index (κ1) is 24.3. The number of methoxy groups -OCH3 is 1. The first-order valence-electron chi connectivity index (χ1n) is 11.2. The molecule has 0 aromatic heterocycles. The first-order chi connectivity index (χ1) is 13.6. The van der Waals surface area contributed by atoms with Crippen molar-refractivity contribution in [3.8, 4) is 0 Å². The number of nitrogens with one attached hydrogen (secondary N) is 1. The number of ether oxygens (including phenoxy) is 2. The minimum Gasteiger partial charge on any atom is -0.467 e. The van der Waals surface area contributed by atoms with Crippen molar-refractivity contribution in [3.05, 3.63) is 0 Å². The van der Waals surface area contributed by atoms with Crippen molar-refractivity contribution in [1.29, 1.82) is 0 Å². The molecule has 2 fully saturated rings. The van der Waals surface area contributed by atoms with Gasteiger partial charge in [-0.2, -0.15) is 0 Å². The molecule has 0 radical (unpaired) electrons. The third-order valence-electron chi connectivity index (χ3n) is 7.05. The Kier molecular flexibility index (Phi) is 8.73. The number of carbonyl (C=O) groups excluding carboxylic acids is 2. The highest BCUT2D eigenvalue weighted by molar-refractivity contribution is 6.74. The maximum absolute atomic E-state index is 13.1. The van der Waals surface area contributed by atoms with Crippen LogP contribution in [0.3, 0.4) is 0 Å². The Morgan fingerprint density at radius 3 is 2.14 bits per heavy atom. The van der Waals surface area contributed by atoms with Crippen LogP contribution in [-0.2, 0) is 23.5 Å². The zero-order valence-electron chi connectivity index (χ0n) is 19.2. The number of amides is 1. The van der Waals surface area contributed by atoms with Gasteiger partial charge in [-0.3, -0.25) is 4.79 Å². The molecule has 2 aliphatic rings. The van der Waals surface area contributed by atoms with Gasteiger partial charge >= 0.3 is 5.97 Å². The predicted octanol–water partition coefficient (Wildman–Crippen LogP) is 4.04. The smallest absolute Gasteiger partial charge is 0.335 e. The Hall–Kier alpha value is -0.923. The number of hydrogen-bond donors (Lipinski definition) is 1. The van der Waals surface area contributed by atoms with Crippen LogP contribution in [0.25, 0.3) is 0 Å². The van der Waals surface area contributed by atoms with Gasteiger partial charge in [-0.1, -0.05) is 40.0 Å². The molecule has 1 saturated heterocycles. The molecule has 0 aromatic carbocycles. The third kappa shape index (κ3) is 6.53. The van der Waals surface area contributed by atoms with Crippen LogP contribution in [0, 0.1) is 11.8 Å². The number of hydrogen-bond acceptors (Lipinski definition) is 5. The second-order valence-electron chi connectivity index (χ2n) is 10.1. The van der Waals surface area contributed by atoms with E-state index in [1.54, 1.807) is 0 Å². The standard InChI is InChI=1S/C22H41NO5Si/c1-22(2,3)29(5,6)28-19(21(25)26-4)18(16-12-14-27-15-13-16)23-20(24)17-10-8-7-9-11-17/h16-19H,7-15H2,1-6H3,(H,23,24). The molecule has 1 saturated carbocycles. The lowest BCUT2D eigenvalue weighted by Gasteiger charge is -2.43. The maximum Gasteiger partial charge on any atom is 0.335 e. The quantitative estimate of drug-likeness (QED) is 0.490. The van der Waals surface area contributed by atoms with Crippen LogP contribution >= 0.6 is 0 Å². The number of carbonyl (C=O) groups is 2. The van der Waals surface area contributed by atoms with E-state index < -0.39 is 20.4 Å². The molecule has 2 rings (SSSR count). The van der Waals surface area contributed by atoms with E-state index in [-0.39, 0.29) is 28.8 Å². The van der Waals surface area contributed by atoms with Crippen LogP contribution in [0.5, 0.6) is 0 Å². The lowest BCUT2D eigenvalue weighted by Crippen LogP contribution is -2.58. The van der Waals surface area contributed by atoms with E-state index in [0.29, 0.717) is 13.2 Å². The number of rotatable bonds is 7. The van der Waals surface area contributed by atoms with Gasteiger partial charge in [0.2, 0.25) is 5.91 Å². The summed E-state index contributed by atoms with van der Waals surface area (Å²) in [6, 6.07) is -0.380. The second kappa shape index (κ2) is 10.4. The van der Waals surface area contributed by atoms with Gasteiger partial charge in [0.1, 0.15) is 0 Å². The van der Waals surface area contributed by atoms with E-state index in [4.69, 9.17) is 13.9 Å². The van der Waals surface area contributed by atoms with E-state index >= 15 is 0 Å². The number of esters is 1. The molecule has 29 heavy (non-hydrogen) atoms. The lowest BCUT2D eigenvalue weighted by atomic mass is 9.85. The molecular weight excluding hydrogens is 386 g/mol. The zero-order valence-corrected chi connectivity index (χ0v) is 20.2. The predicted molar refractivity (Wildman–Crippen MR) is 116 cm³/mol. The van der Waals surface area contributed by atoms with Crippen LogP contribution in [0.4, 0.5) is 0 Å². The van der Waals surface area contributed by atoms with E-state index in [2.05, 4.69) is 39.2 Å². The van der Waals surface area contributed by atoms with Crippen molar-refractivity contribution in [2.45, 2.75) is 96.0 Å². The highest BCUT2D eigenvalue weighted by Gasteiger charge is 2.46. The van der Waals surface area contributed by atoms with Crippen molar-refractivity contribution < 1.29 is 23.5 Å². The summed E-state index contributed by atoms with van der Waals surface area (Å²) < 4.78 is 17.2. The fraction of sp³-hybridized carbons (Fsp3) is 0.909. The molecular formula is C22H41NO5Si. The summed E-state index contributed by atoms with van der Waals surface area (Å²) in [5, 5.41) is 3.20. The fourth-order valence-corrected chi connectivity index (χ4v) is 5.27. The summed E-state index contributed by atoms with van der Waals surface area (Å²) in [6.45, 7) is 12.0. The van der Waals surface area contributed by atoms with Crippen molar-refractivity contribution in [2.75, 3.05) is 20.3 Å². The highest BCUT2D eigenvalue weighted by atomic mass is 28.4. The minimum atomic E-state index is -2.25. The van der Waals surface area contributed by atoms with Gasteiger partial charge in [0, 0.05) is 19.1 Å². The molecule has 1 N–H and O–H groups in total. The maximum atomic E-state index is 13.1. The van der Waals surface area contributed by atoms with Crippen molar-refractivity contribution in [2.24, 2.45) is 11.8 Å². The van der Waals surface area contributed by atoms with Gasteiger partial charge in [0.15, 0.2) is 14.4 Å². The first-order valence-corrected chi connectivity index (χ1v) is 14.1. The molecule has 7 heteroatoms. The van der Waals surface area contributed by atoms with E-state index in [1.807, 2.05) is 0 Å². The largest absolute Gasteiger partial charge is 0.467 e. The Bertz CT molecular complexity index is 548. The van der Waals surface area contributed by atoms with Crippen molar-refractivity contribution in [1.82, 2.24) is 5.32 Å². The molecule has 1 amide bonds. The molecule has 0 spiro atoms. The second-order valence-corrected chi connectivity index (χ2v) is 14.9. The van der Waals surface area contributed by atoms with E-state index in [9.17, 15) is 9.59 Å². The molecule has 6 nitrogen and oxygen atoms in total. The molecule has 0 bridgehead atoms. The minimum absolute atomic E-state index is 0.0391. The van der Waals surface area contributed by atoms with Gasteiger partial charge in [-0.15, -0.1) is 0 Å².